The number of nitriles is 2. The number of halogens is 4. The zero-order valence-electron chi connectivity index (χ0n) is 20.0. The lowest BCUT2D eigenvalue weighted by atomic mass is 10.2. The summed E-state index contributed by atoms with van der Waals surface area (Å²) in [4.78, 5) is 33.3. The first-order valence-corrected chi connectivity index (χ1v) is 10.6. The molecule has 0 saturated heterocycles. The van der Waals surface area contributed by atoms with Crippen LogP contribution < -0.4 is 21.1 Å². The number of benzene rings is 2. The van der Waals surface area contributed by atoms with Crippen molar-refractivity contribution in [1.29, 1.82) is 10.5 Å². The lowest BCUT2D eigenvalue weighted by molar-refractivity contribution is 0.150. The first-order chi connectivity index (χ1) is 18.0. The van der Waals surface area contributed by atoms with E-state index in [2.05, 4.69) is 10.2 Å². The van der Waals surface area contributed by atoms with E-state index in [4.69, 9.17) is 31.8 Å². The van der Waals surface area contributed by atoms with E-state index in [0.29, 0.717) is 10.7 Å². The summed E-state index contributed by atoms with van der Waals surface area (Å²) in [5.74, 6) is -2.20. The van der Waals surface area contributed by atoms with Gasteiger partial charge in [-0.2, -0.15) is 19.9 Å². The summed E-state index contributed by atoms with van der Waals surface area (Å²) in [5, 5.41) is 25.0. The van der Waals surface area contributed by atoms with Crippen molar-refractivity contribution in [1.82, 2.24) is 29.0 Å². The van der Waals surface area contributed by atoms with Crippen molar-refractivity contribution in [2.45, 2.75) is 13.8 Å². The van der Waals surface area contributed by atoms with E-state index in [1.54, 1.807) is 6.07 Å². The third kappa shape index (κ3) is 4.95. The fourth-order valence-electron chi connectivity index (χ4n) is 3.21. The Hall–Kier alpha value is -5.02. The van der Waals surface area contributed by atoms with Gasteiger partial charge in [0, 0.05) is 6.07 Å². The molecule has 0 bridgehead atoms. The zero-order valence-corrected chi connectivity index (χ0v) is 20.8. The number of nitrogens with zero attached hydrogens (tertiary/aromatic N) is 8. The number of aromatic nitrogens is 6. The van der Waals surface area contributed by atoms with Crippen LogP contribution in [0.5, 0.6) is 0 Å². The lowest BCUT2D eigenvalue weighted by Gasteiger charge is -2.03. The van der Waals surface area contributed by atoms with E-state index in [0.717, 1.165) is 26.3 Å². The average molecular weight is 549 g/mol. The molecule has 4 aromatic rings. The Balaban J connectivity index is 0.000000211. The highest BCUT2D eigenvalue weighted by Crippen LogP contribution is 2.22. The fourth-order valence-corrected chi connectivity index (χ4v) is 3.41. The van der Waals surface area contributed by atoms with Gasteiger partial charge in [0.15, 0.2) is 17.5 Å². The maximum atomic E-state index is 13.9. The van der Waals surface area contributed by atoms with E-state index in [-0.39, 0.29) is 33.6 Å². The van der Waals surface area contributed by atoms with Gasteiger partial charge in [0.05, 0.1) is 16.1 Å². The van der Waals surface area contributed by atoms with Crippen LogP contribution >= 0.6 is 11.6 Å². The van der Waals surface area contributed by atoms with Gasteiger partial charge in [-0.25, -0.2) is 22.8 Å². The molecule has 2 aromatic carbocycles. The first kappa shape index (κ1) is 27.6. The molecule has 0 saturated carbocycles. The number of hydrogen-bond donors (Lipinski definition) is 0. The molecule has 0 spiro atoms. The number of hydrogen-bond acceptors (Lipinski definition) is 8. The number of aryl methyl sites for hydroxylation is 2. The minimum absolute atomic E-state index is 0.0149. The summed E-state index contributed by atoms with van der Waals surface area (Å²) in [7, 11) is 2.54. The van der Waals surface area contributed by atoms with Crippen LogP contribution in [0.25, 0.3) is 11.4 Å². The van der Waals surface area contributed by atoms with Gasteiger partial charge in [-0.15, -0.1) is 19.7 Å². The normalized spacial score (nSPS) is 10.3. The highest BCUT2D eigenvalue weighted by molar-refractivity contribution is 6.31. The van der Waals surface area contributed by atoms with E-state index in [1.807, 2.05) is 0 Å². The predicted octanol–water partition coefficient (Wildman–Crippen LogP) is 1.62. The minimum Gasteiger partial charge on any atom is -0.411 e. The molecular formula is C22H16ClF3N8O4. The molecule has 0 unspecified atom stereocenters. The van der Waals surface area contributed by atoms with Gasteiger partial charge in [0.1, 0.15) is 49.4 Å². The molecule has 0 fully saturated rings. The van der Waals surface area contributed by atoms with E-state index < -0.39 is 34.4 Å². The molecule has 0 aliphatic heterocycles. The van der Waals surface area contributed by atoms with Crippen LogP contribution in [0.4, 0.5) is 13.2 Å². The van der Waals surface area contributed by atoms with Crippen molar-refractivity contribution < 1.29 is 22.8 Å². The van der Waals surface area contributed by atoms with Gasteiger partial charge in [-0.3, -0.25) is 0 Å². The molecule has 0 amide bonds. The Kier molecular flexibility index (Phi) is 7.93. The van der Waals surface area contributed by atoms with Crippen LogP contribution in [0.2, 0.25) is 5.02 Å². The Morgan fingerprint density at radius 2 is 1.18 bits per heavy atom. The van der Waals surface area contributed by atoms with Gasteiger partial charge in [-0.1, -0.05) is 11.6 Å². The molecule has 0 aliphatic rings. The smallest absolute Gasteiger partial charge is 0.384 e. The Labute approximate surface area is 216 Å². The molecule has 0 aliphatic carbocycles. The molecule has 0 atom stereocenters. The summed E-state index contributed by atoms with van der Waals surface area (Å²) in [6, 6.07) is 6.82. The van der Waals surface area contributed by atoms with Crippen LogP contribution in [0, 0.1) is 54.0 Å². The van der Waals surface area contributed by atoms with E-state index >= 15 is 0 Å². The van der Waals surface area contributed by atoms with Gasteiger partial charge >= 0.3 is 11.4 Å². The summed E-state index contributed by atoms with van der Waals surface area (Å²) in [6.07, 6.45) is 0. The summed E-state index contributed by atoms with van der Waals surface area (Å²) < 4.78 is 44.3. The summed E-state index contributed by atoms with van der Waals surface area (Å²) in [5.41, 5.74) is -2.44. The van der Waals surface area contributed by atoms with Gasteiger partial charge in [0.2, 0.25) is 0 Å². The molecule has 2 heterocycles. The second kappa shape index (κ2) is 10.9. The molecule has 38 heavy (non-hydrogen) atoms. The van der Waals surface area contributed by atoms with Crippen LogP contribution in [0.15, 0.2) is 33.9 Å². The molecular weight excluding hydrogens is 533 g/mol. The van der Waals surface area contributed by atoms with E-state index in [9.17, 15) is 22.8 Å². The maximum Gasteiger partial charge on any atom is 0.384 e. The van der Waals surface area contributed by atoms with Crippen LogP contribution in [-0.2, 0) is 0 Å². The summed E-state index contributed by atoms with van der Waals surface area (Å²) in [6.45, 7) is 3.00. The van der Waals surface area contributed by atoms with Gasteiger partial charge < -0.3 is 9.68 Å². The van der Waals surface area contributed by atoms with Crippen molar-refractivity contribution >= 4 is 11.6 Å². The first-order valence-electron chi connectivity index (χ1n) is 10.2. The van der Waals surface area contributed by atoms with Gasteiger partial charge in [0.25, 0.3) is 0 Å². The largest absolute Gasteiger partial charge is 0.411 e. The maximum absolute atomic E-state index is 13.9. The lowest BCUT2D eigenvalue weighted by Crippen LogP contribution is -2.28. The second-order valence-electron chi connectivity index (χ2n) is 7.23. The zero-order chi connectivity index (χ0) is 28.3. The van der Waals surface area contributed by atoms with Crippen molar-refractivity contribution in [3.63, 3.8) is 0 Å². The molecule has 12 nitrogen and oxygen atoms in total. The van der Waals surface area contributed by atoms with Crippen LogP contribution in [-0.4, -0.2) is 43.2 Å². The third-order valence-corrected chi connectivity index (χ3v) is 5.24. The monoisotopic (exact) mass is 548 g/mol. The standard InChI is InChI=1S/C11H8ClFN4O2.C11H8F2N4O2/c2*1-6-15-16(11(18)17(6)19-2)10-4-8(12)7(5-14)3-9(10)13/h2*3-4H,1-2H3. The Morgan fingerprint density at radius 3 is 1.58 bits per heavy atom. The summed E-state index contributed by atoms with van der Waals surface area (Å²) >= 11 is 5.81. The SMILES string of the molecule is COn1c(C)nn(-c2cc(Cl)c(C#N)cc2F)c1=O.COn1c(C)nn(-c2cc(F)c(C#N)cc2F)c1=O. The number of rotatable bonds is 4. The highest BCUT2D eigenvalue weighted by Gasteiger charge is 2.19. The van der Waals surface area contributed by atoms with Crippen molar-refractivity contribution in [3.8, 4) is 23.5 Å². The third-order valence-electron chi connectivity index (χ3n) is 4.92. The predicted molar refractivity (Wildman–Crippen MR) is 124 cm³/mol. The highest BCUT2D eigenvalue weighted by atomic mass is 35.5. The van der Waals surface area contributed by atoms with Crippen LogP contribution in [0.3, 0.4) is 0 Å². The minimum atomic E-state index is -0.935. The molecule has 4 rings (SSSR count). The molecule has 2 aromatic heterocycles. The van der Waals surface area contributed by atoms with Gasteiger partial charge in [-0.05, 0) is 32.0 Å². The Morgan fingerprint density at radius 1 is 0.763 bits per heavy atom. The fraction of sp³-hybridized carbons (Fsp3) is 0.182. The quantitative estimate of drug-likeness (QED) is 0.374. The molecule has 16 heteroatoms. The Bertz CT molecular complexity index is 1620. The molecule has 0 N–H and O–H groups in total. The second-order valence-corrected chi connectivity index (χ2v) is 7.63. The molecule has 0 radical (unpaired) electrons. The van der Waals surface area contributed by atoms with Crippen molar-refractivity contribution in [2.75, 3.05) is 14.2 Å². The topological polar surface area (TPSA) is 146 Å². The molecule has 196 valence electrons. The average Bonchev–Trinajstić information content (AvgIpc) is 3.34. The van der Waals surface area contributed by atoms with Crippen LogP contribution in [0.1, 0.15) is 22.8 Å². The van der Waals surface area contributed by atoms with E-state index in [1.165, 1.54) is 40.2 Å². The van der Waals surface area contributed by atoms with Crippen molar-refractivity contribution in [2.24, 2.45) is 0 Å². The van der Waals surface area contributed by atoms with Crippen molar-refractivity contribution in [3.05, 3.63) is 90.5 Å².